The van der Waals surface area contributed by atoms with Crippen LogP contribution in [0.4, 0.5) is 0 Å². The Morgan fingerprint density at radius 1 is 1.17 bits per heavy atom. The molecule has 5 rings (SSSR count). The van der Waals surface area contributed by atoms with Crippen molar-refractivity contribution in [3.63, 3.8) is 0 Å². The average Bonchev–Trinajstić information content (AvgIpc) is 3.29. The van der Waals surface area contributed by atoms with E-state index in [4.69, 9.17) is 8.83 Å². The average molecular weight is 328 g/mol. The first-order valence-corrected chi connectivity index (χ1v) is 9.17. The zero-order valence-electron chi connectivity index (χ0n) is 14.2. The lowest BCUT2D eigenvalue weighted by Crippen LogP contribution is -3.25. The van der Waals surface area contributed by atoms with Crippen LogP contribution >= 0.6 is 0 Å². The van der Waals surface area contributed by atoms with Crippen LogP contribution in [0.1, 0.15) is 24.4 Å². The molecule has 0 saturated carbocycles. The third-order valence-electron chi connectivity index (χ3n) is 5.95. The number of furan rings is 2. The first-order valence-electron chi connectivity index (χ1n) is 9.17. The summed E-state index contributed by atoms with van der Waals surface area (Å²) in [6.07, 6.45) is 8.44. The second kappa shape index (κ2) is 6.99. The van der Waals surface area contributed by atoms with Crippen molar-refractivity contribution >= 4 is 0 Å². The molecule has 3 aliphatic rings. The topological polar surface area (TPSA) is 35.2 Å². The van der Waals surface area contributed by atoms with E-state index in [1.54, 1.807) is 17.4 Å². The maximum absolute atomic E-state index is 5.60. The first kappa shape index (κ1) is 15.7. The molecule has 4 nitrogen and oxygen atoms in total. The Kier molecular flexibility index (Phi) is 4.58. The number of piperidine rings is 3. The van der Waals surface area contributed by atoms with Crippen molar-refractivity contribution in [1.82, 2.24) is 0 Å². The zero-order chi connectivity index (χ0) is 16.4. The van der Waals surface area contributed by atoms with Crippen molar-refractivity contribution in [1.29, 1.82) is 0 Å². The van der Waals surface area contributed by atoms with Gasteiger partial charge in [0.25, 0.3) is 0 Å². The molecule has 5 heterocycles. The molecule has 24 heavy (non-hydrogen) atoms. The largest absolute Gasteiger partial charge is 0.463 e. The summed E-state index contributed by atoms with van der Waals surface area (Å²) >= 11 is 0. The highest BCUT2D eigenvalue weighted by Crippen LogP contribution is 2.27. The molecule has 4 heteroatoms. The number of nitrogens with one attached hydrogen (secondary N) is 2. The summed E-state index contributed by atoms with van der Waals surface area (Å²) in [6.45, 7) is 9.67. The van der Waals surface area contributed by atoms with Crippen LogP contribution in [0.5, 0.6) is 0 Å². The van der Waals surface area contributed by atoms with Crippen molar-refractivity contribution in [2.75, 3.05) is 19.6 Å². The van der Waals surface area contributed by atoms with E-state index < -0.39 is 0 Å². The van der Waals surface area contributed by atoms with E-state index in [1.807, 2.05) is 12.1 Å². The van der Waals surface area contributed by atoms with Gasteiger partial charge in [-0.15, -0.1) is 6.58 Å². The summed E-state index contributed by atoms with van der Waals surface area (Å²) in [7, 11) is 0. The summed E-state index contributed by atoms with van der Waals surface area (Å²) < 4.78 is 11.2. The molecule has 0 aromatic carbocycles. The lowest BCUT2D eigenvalue weighted by Gasteiger charge is -2.46. The van der Waals surface area contributed by atoms with Gasteiger partial charge in [-0.25, -0.2) is 0 Å². The molecule has 4 atom stereocenters. The molecular formula is C20H28N2O2+2. The third-order valence-corrected chi connectivity index (χ3v) is 5.95. The Hall–Kier alpha value is -1.78. The van der Waals surface area contributed by atoms with E-state index in [9.17, 15) is 0 Å². The lowest BCUT2D eigenvalue weighted by molar-refractivity contribution is -1.000. The van der Waals surface area contributed by atoms with Gasteiger partial charge in [0, 0.05) is 18.8 Å². The van der Waals surface area contributed by atoms with Crippen molar-refractivity contribution in [3.8, 4) is 0 Å². The van der Waals surface area contributed by atoms with Crippen molar-refractivity contribution in [2.45, 2.75) is 32.0 Å². The smallest absolute Gasteiger partial charge is 0.157 e. The Balaban J connectivity index is 1.44. The maximum Gasteiger partial charge on any atom is 0.157 e. The highest BCUT2D eigenvalue weighted by molar-refractivity contribution is 4.98. The fraction of sp³-hybridized carbons (Fsp3) is 0.500. The second-order valence-corrected chi connectivity index (χ2v) is 7.46. The number of fused-ring (bicyclic) bond motifs is 3. The molecule has 0 radical (unpaired) electrons. The molecule has 0 spiro atoms. The number of rotatable bonds is 7. The molecule has 128 valence electrons. The molecule has 2 aromatic rings. The minimum absolute atomic E-state index is 0.726. The van der Waals surface area contributed by atoms with Crippen LogP contribution in [0.25, 0.3) is 0 Å². The van der Waals surface area contributed by atoms with Crippen LogP contribution in [-0.4, -0.2) is 25.7 Å². The van der Waals surface area contributed by atoms with E-state index in [0.717, 1.165) is 42.5 Å². The molecule has 1 unspecified atom stereocenters. The van der Waals surface area contributed by atoms with Crippen LogP contribution in [0.2, 0.25) is 0 Å². The van der Waals surface area contributed by atoms with Gasteiger partial charge in [0.05, 0.1) is 25.6 Å². The van der Waals surface area contributed by atoms with Crippen LogP contribution in [0, 0.1) is 11.8 Å². The molecule has 2 bridgehead atoms. The molecule has 2 N–H and O–H groups in total. The number of quaternary nitrogens is 2. The predicted octanol–water partition coefficient (Wildman–Crippen LogP) is 0.937. The SMILES string of the molecule is C=C[C@H]1C[NH+]2CC[C@H]1C[C@@H]2C[NH+](Cc1ccco1)Cc1ccco1. The molecule has 3 aliphatic heterocycles. The predicted molar refractivity (Wildman–Crippen MR) is 91.5 cm³/mol. The fourth-order valence-electron chi connectivity index (χ4n) is 4.73. The Morgan fingerprint density at radius 2 is 1.88 bits per heavy atom. The monoisotopic (exact) mass is 328 g/mol. The van der Waals surface area contributed by atoms with Crippen LogP contribution in [0.3, 0.4) is 0 Å². The summed E-state index contributed by atoms with van der Waals surface area (Å²) in [4.78, 5) is 3.30. The van der Waals surface area contributed by atoms with E-state index in [0.29, 0.717) is 0 Å². The van der Waals surface area contributed by atoms with Gasteiger partial charge in [0.15, 0.2) is 11.5 Å². The van der Waals surface area contributed by atoms with E-state index >= 15 is 0 Å². The Morgan fingerprint density at radius 3 is 2.38 bits per heavy atom. The zero-order valence-corrected chi connectivity index (χ0v) is 14.2. The van der Waals surface area contributed by atoms with E-state index in [2.05, 4.69) is 24.8 Å². The van der Waals surface area contributed by atoms with Gasteiger partial charge in [0.1, 0.15) is 25.7 Å². The molecule has 3 fully saturated rings. The standard InChI is InChI=1S/C20H26N2O2/c1-2-16-12-22-8-7-17(16)11-18(22)13-21(14-19-5-3-9-23-19)15-20-6-4-10-24-20/h2-6,9-10,16-18H,1,7-8,11-15H2/p+2/t16-,17-,18+/m0/s1. The molecule has 0 amide bonds. The second-order valence-electron chi connectivity index (χ2n) is 7.46. The first-order chi connectivity index (χ1) is 11.8. The minimum Gasteiger partial charge on any atom is -0.463 e. The normalized spacial score (nSPS) is 29.2. The highest BCUT2D eigenvalue weighted by Gasteiger charge is 2.43. The van der Waals surface area contributed by atoms with Crippen molar-refractivity contribution in [2.24, 2.45) is 11.8 Å². The van der Waals surface area contributed by atoms with Crippen LogP contribution in [-0.2, 0) is 13.1 Å². The lowest BCUT2D eigenvalue weighted by atomic mass is 9.75. The quantitative estimate of drug-likeness (QED) is 0.742. The highest BCUT2D eigenvalue weighted by atomic mass is 16.3. The van der Waals surface area contributed by atoms with Gasteiger partial charge < -0.3 is 18.6 Å². The number of hydrogen-bond acceptors (Lipinski definition) is 2. The Labute approximate surface area is 143 Å². The molecule has 0 aliphatic carbocycles. The van der Waals surface area contributed by atoms with Gasteiger partial charge in [-0.1, -0.05) is 6.08 Å². The summed E-state index contributed by atoms with van der Waals surface area (Å²) in [5.41, 5.74) is 0. The minimum atomic E-state index is 0.726. The molecule has 3 saturated heterocycles. The fourth-order valence-corrected chi connectivity index (χ4v) is 4.73. The van der Waals surface area contributed by atoms with Crippen LogP contribution in [0.15, 0.2) is 58.3 Å². The van der Waals surface area contributed by atoms with Gasteiger partial charge in [0.2, 0.25) is 0 Å². The summed E-state index contributed by atoms with van der Waals surface area (Å²) in [6, 6.07) is 8.86. The summed E-state index contributed by atoms with van der Waals surface area (Å²) in [5, 5.41) is 0. The number of hydrogen-bond donors (Lipinski definition) is 2. The van der Waals surface area contributed by atoms with Gasteiger partial charge in [-0.05, 0) is 30.2 Å². The molecule has 2 aromatic heterocycles. The Bertz CT molecular complexity index is 598. The third kappa shape index (κ3) is 3.35. The summed E-state index contributed by atoms with van der Waals surface area (Å²) in [5.74, 6) is 3.69. The van der Waals surface area contributed by atoms with Crippen molar-refractivity contribution in [3.05, 3.63) is 61.0 Å². The maximum atomic E-state index is 5.60. The van der Waals surface area contributed by atoms with Gasteiger partial charge in [-0.3, -0.25) is 0 Å². The van der Waals surface area contributed by atoms with Gasteiger partial charge >= 0.3 is 0 Å². The van der Waals surface area contributed by atoms with Crippen molar-refractivity contribution < 1.29 is 18.6 Å². The molecular weight excluding hydrogens is 300 g/mol. The van der Waals surface area contributed by atoms with Crippen LogP contribution < -0.4 is 9.80 Å². The van der Waals surface area contributed by atoms with Gasteiger partial charge in [-0.2, -0.15) is 0 Å². The van der Waals surface area contributed by atoms with E-state index in [1.165, 1.54) is 37.4 Å². The van der Waals surface area contributed by atoms with E-state index in [-0.39, 0.29) is 0 Å².